The van der Waals surface area contributed by atoms with E-state index in [4.69, 9.17) is 0 Å². The van der Waals surface area contributed by atoms with E-state index in [1.165, 1.54) is 0 Å². The number of halogens is 1. The Morgan fingerprint density at radius 3 is 2.65 bits per heavy atom. The number of hydrogen-bond donors (Lipinski definition) is 1. The molecule has 4 heteroatoms. The van der Waals surface area contributed by atoms with E-state index in [1.54, 1.807) is 0 Å². The van der Waals surface area contributed by atoms with Crippen LogP contribution in [0.2, 0.25) is 0 Å². The zero-order chi connectivity index (χ0) is 12.3. The van der Waals surface area contributed by atoms with Gasteiger partial charge in [0.25, 0.3) is 0 Å². The summed E-state index contributed by atoms with van der Waals surface area (Å²) in [7, 11) is 0. The van der Waals surface area contributed by atoms with Gasteiger partial charge >= 0.3 is 0 Å². The predicted molar refractivity (Wildman–Crippen MR) is 74.8 cm³/mol. The Kier molecular flexibility index (Phi) is 3.84. The van der Waals surface area contributed by atoms with Gasteiger partial charge in [-0.25, -0.2) is 4.98 Å². The SMILES string of the molecule is CCCNc1nc(C)cn1-c1ccc(Br)cc1. The number of aromatic nitrogens is 2. The molecule has 3 nitrogen and oxygen atoms in total. The van der Waals surface area contributed by atoms with Crippen LogP contribution in [0.3, 0.4) is 0 Å². The second-order valence-corrected chi connectivity index (χ2v) is 4.89. The molecule has 0 unspecified atom stereocenters. The average Bonchev–Trinajstić information content (AvgIpc) is 2.69. The van der Waals surface area contributed by atoms with Crippen molar-refractivity contribution in [1.29, 1.82) is 0 Å². The summed E-state index contributed by atoms with van der Waals surface area (Å²) in [6.45, 7) is 5.09. The molecule has 0 atom stereocenters. The van der Waals surface area contributed by atoms with Crippen LogP contribution in [0.15, 0.2) is 34.9 Å². The molecule has 1 heterocycles. The molecule has 0 radical (unpaired) electrons. The summed E-state index contributed by atoms with van der Waals surface area (Å²) in [5.41, 5.74) is 2.14. The Balaban J connectivity index is 2.33. The third kappa shape index (κ3) is 2.88. The number of anilines is 1. The monoisotopic (exact) mass is 293 g/mol. The fraction of sp³-hybridized carbons (Fsp3) is 0.308. The molecule has 0 spiro atoms. The lowest BCUT2D eigenvalue weighted by Crippen LogP contribution is -2.06. The van der Waals surface area contributed by atoms with Crippen LogP contribution < -0.4 is 5.32 Å². The molecule has 0 amide bonds. The molecule has 1 aromatic heterocycles. The van der Waals surface area contributed by atoms with Crippen molar-refractivity contribution in [2.45, 2.75) is 20.3 Å². The van der Waals surface area contributed by atoms with E-state index in [1.807, 2.05) is 25.3 Å². The van der Waals surface area contributed by atoms with Crippen LogP contribution in [0.1, 0.15) is 19.0 Å². The van der Waals surface area contributed by atoms with E-state index in [0.29, 0.717) is 0 Å². The molecule has 1 aromatic carbocycles. The molecule has 17 heavy (non-hydrogen) atoms. The van der Waals surface area contributed by atoms with Gasteiger partial charge in [0.05, 0.1) is 5.69 Å². The molecule has 0 fully saturated rings. The van der Waals surface area contributed by atoms with Gasteiger partial charge in [-0.2, -0.15) is 0 Å². The number of aryl methyl sites for hydroxylation is 1. The van der Waals surface area contributed by atoms with Crippen molar-refractivity contribution in [3.63, 3.8) is 0 Å². The van der Waals surface area contributed by atoms with Crippen LogP contribution in [-0.2, 0) is 0 Å². The Labute approximate surface area is 110 Å². The topological polar surface area (TPSA) is 29.9 Å². The highest BCUT2D eigenvalue weighted by atomic mass is 79.9. The van der Waals surface area contributed by atoms with Crippen molar-refractivity contribution >= 4 is 21.9 Å². The number of nitrogens with one attached hydrogen (secondary N) is 1. The summed E-state index contributed by atoms with van der Waals surface area (Å²) in [4.78, 5) is 4.49. The summed E-state index contributed by atoms with van der Waals surface area (Å²) in [5, 5.41) is 3.34. The predicted octanol–water partition coefficient (Wildman–Crippen LogP) is 3.77. The third-order valence-electron chi connectivity index (χ3n) is 2.46. The van der Waals surface area contributed by atoms with Crippen molar-refractivity contribution in [2.75, 3.05) is 11.9 Å². The van der Waals surface area contributed by atoms with Crippen LogP contribution in [0.25, 0.3) is 5.69 Å². The highest BCUT2D eigenvalue weighted by molar-refractivity contribution is 9.10. The van der Waals surface area contributed by atoms with Gasteiger partial charge in [0.1, 0.15) is 0 Å². The number of benzene rings is 1. The van der Waals surface area contributed by atoms with E-state index in [0.717, 1.165) is 34.8 Å². The molecule has 2 aromatic rings. The lowest BCUT2D eigenvalue weighted by Gasteiger charge is -2.08. The molecular weight excluding hydrogens is 278 g/mol. The van der Waals surface area contributed by atoms with E-state index in [2.05, 4.69) is 49.9 Å². The van der Waals surface area contributed by atoms with Crippen molar-refractivity contribution in [3.8, 4) is 5.69 Å². The smallest absolute Gasteiger partial charge is 0.207 e. The number of rotatable bonds is 4. The maximum atomic E-state index is 4.49. The van der Waals surface area contributed by atoms with Crippen LogP contribution in [0, 0.1) is 6.92 Å². The Bertz CT molecular complexity index is 488. The summed E-state index contributed by atoms with van der Waals surface area (Å²) in [6.07, 6.45) is 3.13. The lowest BCUT2D eigenvalue weighted by molar-refractivity contribution is 0.936. The molecular formula is C13H16BrN3. The first-order valence-corrected chi connectivity index (χ1v) is 6.56. The average molecular weight is 294 g/mol. The number of hydrogen-bond acceptors (Lipinski definition) is 2. The zero-order valence-corrected chi connectivity index (χ0v) is 11.7. The molecule has 90 valence electrons. The standard InChI is InChI=1S/C13H16BrN3/c1-3-8-15-13-16-10(2)9-17(13)12-6-4-11(14)5-7-12/h4-7,9H,3,8H2,1-2H3,(H,15,16). The van der Waals surface area contributed by atoms with E-state index >= 15 is 0 Å². The molecule has 0 bridgehead atoms. The highest BCUT2D eigenvalue weighted by Gasteiger charge is 2.06. The quantitative estimate of drug-likeness (QED) is 0.930. The van der Waals surface area contributed by atoms with E-state index < -0.39 is 0 Å². The third-order valence-corrected chi connectivity index (χ3v) is 2.99. The van der Waals surface area contributed by atoms with Crippen molar-refractivity contribution in [1.82, 2.24) is 9.55 Å². The second-order valence-electron chi connectivity index (χ2n) is 3.98. The van der Waals surface area contributed by atoms with Crippen molar-refractivity contribution < 1.29 is 0 Å². The molecule has 1 N–H and O–H groups in total. The van der Waals surface area contributed by atoms with Crippen molar-refractivity contribution in [3.05, 3.63) is 40.6 Å². The van der Waals surface area contributed by atoms with Gasteiger partial charge in [-0.1, -0.05) is 22.9 Å². The van der Waals surface area contributed by atoms with E-state index in [-0.39, 0.29) is 0 Å². The minimum absolute atomic E-state index is 0.909. The number of imidazole rings is 1. The van der Waals surface area contributed by atoms with Crippen LogP contribution >= 0.6 is 15.9 Å². The zero-order valence-electron chi connectivity index (χ0n) is 10.1. The van der Waals surface area contributed by atoms with Gasteiger partial charge < -0.3 is 5.32 Å². The summed E-state index contributed by atoms with van der Waals surface area (Å²) >= 11 is 3.44. The fourth-order valence-corrected chi connectivity index (χ4v) is 1.92. The first-order valence-electron chi connectivity index (χ1n) is 5.76. The number of nitrogens with zero attached hydrogens (tertiary/aromatic N) is 2. The molecule has 2 rings (SSSR count). The van der Waals surface area contributed by atoms with Gasteiger partial charge in [0.2, 0.25) is 5.95 Å². The van der Waals surface area contributed by atoms with Gasteiger partial charge in [0, 0.05) is 22.9 Å². The molecule has 0 saturated carbocycles. The summed E-state index contributed by atoms with van der Waals surface area (Å²) in [6, 6.07) is 8.22. The maximum absolute atomic E-state index is 4.49. The Hall–Kier alpha value is -1.29. The largest absolute Gasteiger partial charge is 0.355 e. The minimum Gasteiger partial charge on any atom is -0.355 e. The van der Waals surface area contributed by atoms with Crippen LogP contribution in [-0.4, -0.2) is 16.1 Å². The van der Waals surface area contributed by atoms with E-state index in [9.17, 15) is 0 Å². The maximum Gasteiger partial charge on any atom is 0.207 e. The first kappa shape index (κ1) is 12.2. The van der Waals surface area contributed by atoms with Gasteiger partial charge in [-0.3, -0.25) is 4.57 Å². The van der Waals surface area contributed by atoms with Gasteiger partial charge in [0.15, 0.2) is 0 Å². The fourth-order valence-electron chi connectivity index (χ4n) is 1.66. The molecule has 0 aliphatic carbocycles. The second kappa shape index (κ2) is 5.36. The molecule has 0 aliphatic heterocycles. The normalized spacial score (nSPS) is 10.5. The first-order chi connectivity index (χ1) is 8.20. The van der Waals surface area contributed by atoms with Gasteiger partial charge in [-0.15, -0.1) is 0 Å². The van der Waals surface area contributed by atoms with Crippen molar-refractivity contribution in [2.24, 2.45) is 0 Å². The van der Waals surface area contributed by atoms with Gasteiger partial charge in [-0.05, 0) is 37.6 Å². The molecule has 0 aliphatic rings. The summed E-state index contributed by atoms with van der Waals surface area (Å²) < 4.78 is 3.17. The van der Waals surface area contributed by atoms with Crippen LogP contribution in [0.5, 0.6) is 0 Å². The lowest BCUT2D eigenvalue weighted by atomic mass is 10.3. The Morgan fingerprint density at radius 1 is 1.29 bits per heavy atom. The molecule has 0 saturated heterocycles. The highest BCUT2D eigenvalue weighted by Crippen LogP contribution is 2.19. The Morgan fingerprint density at radius 2 is 2.00 bits per heavy atom. The minimum atomic E-state index is 0.909. The van der Waals surface area contributed by atoms with Crippen LogP contribution in [0.4, 0.5) is 5.95 Å². The summed E-state index contributed by atoms with van der Waals surface area (Å²) in [5.74, 6) is 0.909.